The third-order valence-corrected chi connectivity index (χ3v) is 7.53. The molecule has 0 bridgehead atoms. The normalized spacial score (nSPS) is 29.5. The molecule has 0 radical (unpaired) electrons. The summed E-state index contributed by atoms with van der Waals surface area (Å²) in [5, 5.41) is 0. The minimum Gasteiger partial charge on any atom is -0.366 e. The van der Waals surface area contributed by atoms with Crippen LogP contribution >= 0.6 is 0 Å². The van der Waals surface area contributed by atoms with Crippen molar-refractivity contribution in [2.24, 2.45) is 23.5 Å². The Morgan fingerprint density at radius 3 is 2.33 bits per heavy atom. The topological polar surface area (TPSA) is 46.3 Å². The molecule has 1 aliphatic heterocycles. The summed E-state index contributed by atoms with van der Waals surface area (Å²) in [7, 11) is 0. The van der Waals surface area contributed by atoms with Crippen molar-refractivity contribution in [3.8, 4) is 0 Å². The number of amides is 1. The molecule has 3 aliphatic rings. The van der Waals surface area contributed by atoms with Crippen LogP contribution in [0.2, 0.25) is 0 Å². The van der Waals surface area contributed by atoms with Crippen molar-refractivity contribution < 1.29 is 4.79 Å². The lowest BCUT2D eigenvalue weighted by molar-refractivity contribution is 0.1000. The number of fused-ring (bicyclic) bond motifs is 2. The summed E-state index contributed by atoms with van der Waals surface area (Å²) in [5.41, 5.74) is 10.8. The highest BCUT2D eigenvalue weighted by atomic mass is 16.1. The molecule has 1 amide bonds. The molecule has 2 aromatic carbocycles. The number of hydrogen-bond donors (Lipinski definition) is 1. The predicted octanol–water partition coefficient (Wildman–Crippen LogP) is 3.41. The second-order valence-electron chi connectivity index (χ2n) is 8.81. The zero-order chi connectivity index (χ0) is 18.6. The van der Waals surface area contributed by atoms with E-state index >= 15 is 0 Å². The zero-order valence-corrected chi connectivity index (χ0v) is 16.0. The van der Waals surface area contributed by atoms with Gasteiger partial charge < -0.3 is 10.6 Å². The van der Waals surface area contributed by atoms with E-state index in [-0.39, 0.29) is 11.3 Å². The summed E-state index contributed by atoms with van der Waals surface area (Å²) in [6.07, 6.45) is 3.62. The fourth-order valence-corrected chi connectivity index (χ4v) is 6.23. The number of likely N-dealkylation sites (tertiary alicyclic amines) is 1. The number of nitrogens with zero attached hydrogens (tertiary/aromatic N) is 1. The number of nitrogens with two attached hydrogens (primary N) is 1. The second-order valence-corrected chi connectivity index (χ2v) is 8.81. The van der Waals surface area contributed by atoms with Crippen molar-refractivity contribution in [2.75, 3.05) is 19.6 Å². The molecule has 140 valence electrons. The fraction of sp³-hybridized carbons (Fsp3) is 0.458. The summed E-state index contributed by atoms with van der Waals surface area (Å²) in [6.45, 7) is 5.92. The lowest BCUT2D eigenvalue weighted by atomic mass is 9.86. The van der Waals surface area contributed by atoms with Crippen LogP contribution in [0.25, 0.3) is 0 Å². The van der Waals surface area contributed by atoms with E-state index in [0.29, 0.717) is 5.56 Å². The van der Waals surface area contributed by atoms with Gasteiger partial charge in [-0.2, -0.15) is 0 Å². The van der Waals surface area contributed by atoms with Gasteiger partial charge in [0, 0.05) is 30.6 Å². The summed E-state index contributed by atoms with van der Waals surface area (Å²) >= 11 is 0. The molecule has 3 nitrogen and oxygen atoms in total. The van der Waals surface area contributed by atoms with E-state index in [4.69, 9.17) is 5.73 Å². The van der Waals surface area contributed by atoms with Gasteiger partial charge >= 0.3 is 0 Å². The molecule has 1 heterocycles. The molecule has 2 aromatic rings. The van der Waals surface area contributed by atoms with Crippen molar-refractivity contribution in [3.63, 3.8) is 0 Å². The van der Waals surface area contributed by atoms with E-state index in [2.05, 4.69) is 42.2 Å². The van der Waals surface area contributed by atoms with Gasteiger partial charge in [-0.05, 0) is 65.8 Å². The maximum atomic E-state index is 11.6. The van der Waals surface area contributed by atoms with Crippen LogP contribution in [0, 0.1) is 17.8 Å². The molecule has 2 N–H and O–H groups in total. The van der Waals surface area contributed by atoms with Crippen molar-refractivity contribution >= 4 is 5.91 Å². The first kappa shape index (κ1) is 17.0. The number of primary amides is 1. The maximum absolute atomic E-state index is 11.6. The highest BCUT2D eigenvalue weighted by molar-refractivity contribution is 5.93. The first-order chi connectivity index (χ1) is 13.1. The first-order valence-electron chi connectivity index (χ1n) is 10.3. The van der Waals surface area contributed by atoms with E-state index in [1.54, 1.807) is 11.1 Å². The van der Waals surface area contributed by atoms with Crippen molar-refractivity contribution in [1.29, 1.82) is 0 Å². The average Bonchev–Trinajstić information content (AvgIpc) is 3.00. The van der Waals surface area contributed by atoms with Crippen LogP contribution in [0.15, 0.2) is 48.5 Å². The Morgan fingerprint density at radius 1 is 1.07 bits per heavy atom. The van der Waals surface area contributed by atoms with E-state index < -0.39 is 0 Å². The van der Waals surface area contributed by atoms with Crippen molar-refractivity contribution in [1.82, 2.24) is 4.90 Å². The van der Waals surface area contributed by atoms with Crippen molar-refractivity contribution in [2.45, 2.75) is 31.6 Å². The van der Waals surface area contributed by atoms with Crippen LogP contribution in [0.5, 0.6) is 0 Å². The maximum Gasteiger partial charge on any atom is 0.248 e. The van der Waals surface area contributed by atoms with E-state index in [0.717, 1.165) is 24.2 Å². The Labute approximate surface area is 161 Å². The second kappa shape index (κ2) is 6.20. The number of benzene rings is 2. The molecule has 2 atom stereocenters. The Hall–Kier alpha value is -2.13. The standard InChI is InChI=1S/C24H28N2O/c1-2-24(20-9-5-8-19(12-20)23(25)27)21-14-26(15-22(21)24)13-16-10-17-6-3-4-7-18(17)11-16/h3-9,12,16,21-22H,2,10-11,13-15H2,1H3,(H2,25,27). The van der Waals surface area contributed by atoms with Gasteiger partial charge in [0.2, 0.25) is 5.91 Å². The largest absolute Gasteiger partial charge is 0.366 e. The lowest BCUT2D eigenvalue weighted by Crippen LogP contribution is -2.34. The van der Waals surface area contributed by atoms with Crippen LogP contribution in [-0.2, 0) is 18.3 Å². The highest BCUT2D eigenvalue weighted by Gasteiger charge is 2.67. The molecule has 1 saturated carbocycles. The number of piperidine rings is 1. The number of hydrogen-bond acceptors (Lipinski definition) is 2. The molecule has 0 aromatic heterocycles. The third kappa shape index (κ3) is 2.63. The summed E-state index contributed by atoms with van der Waals surface area (Å²) in [4.78, 5) is 14.3. The molecule has 3 heteroatoms. The molecular formula is C24H28N2O. The predicted molar refractivity (Wildman–Crippen MR) is 108 cm³/mol. The number of carbonyl (C=O) groups excluding carboxylic acids is 1. The Morgan fingerprint density at radius 2 is 1.74 bits per heavy atom. The monoisotopic (exact) mass is 360 g/mol. The average molecular weight is 361 g/mol. The Bertz CT molecular complexity index is 852. The van der Waals surface area contributed by atoms with Gasteiger partial charge in [-0.1, -0.05) is 43.3 Å². The summed E-state index contributed by atoms with van der Waals surface area (Å²) < 4.78 is 0. The van der Waals surface area contributed by atoms with Gasteiger partial charge in [-0.15, -0.1) is 0 Å². The van der Waals surface area contributed by atoms with Gasteiger partial charge in [-0.3, -0.25) is 4.79 Å². The van der Waals surface area contributed by atoms with Crippen LogP contribution in [0.3, 0.4) is 0 Å². The van der Waals surface area contributed by atoms with E-state index in [1.165, 1.54) is 38.0 Å². The first-order valence-corrected chi connectivity index (χ1v) is 10.3. The van der Waals surface area contributed by atoms with Gasteiger partial charge in [0.15, 0.2) is 0 Å². The quantitative estimate of drug-likeness (QED) is 0.888. The molecule has 2 fully saturated rings. The van der Waals surface area contributed by atoms with Crippen LogP contribution in [0.4, 0.5) is 0 Å². The van der Waals surface area contributed by atoms with Crippen LogP contribution in [-0.4, -0.2) is 30.4 Å². The van der Waals surface area contributed by atoms with Crippen LogP contribution in [0.1, 0.15) is 40.4 Å². The lowest BCUT2D eigenvalue weighted by Gasteiger charge is -2.28. The molecular weight excluding hydrogens is 332 g/mol. The number of rotatable bonds is 5. The van der Waals surface area contributed by atoms with Crippen molar-refractivity contribution in [3.05, 3.63) is 70.8 Å². The van der Waals surface area contributed by atoms with E-state index in [1.807, 2.05) is 18.2 Å². The number of carbonyl (C=O) groups is 1. The summed E-state index contributed by atoms with van der Waals surface area (Å²) in [5.74, 6) is 1.91. The minimum absolute atomic E-state index is 0.264. The van der Waals surface area contributed by atoms with Gasteiger partial charge in [0.1, 0.15) is 0 Å². The molecule has 0 spiro atoms. The van der Waals surface area contributed by atoms with Gasteiger partial charge in [-0.25, -0.2) is 0 Å². The zero-order valence-electron chi connectivity index (χ0n) is 16.0. The summed E-state index contributed by atoms with van der Waals surface area (Å²) in [6, 6.07) is 17.0. The third-order valence-electron chi connectivity index (χ3n) is 7.53. The fourth-order valence-electron chi connectivity index (χ4n) is 6.23. The highest BCUT2D eigenvalue weighted by Crippen LogP contribution is 2.65. The molecule has 1 saturated heterocycles. The molecule has 2 unspecified atom stereocenters. The molecule has 27 heavy (non-hydrogen) atoms. The smallest absolute Gasteiger partial charge is 0.248 e. The van der Waals surface area contributed by atoms with Gasteiger partial charge in [0.25, 0.3) is 0 Å². The van der Waals surface area contributed by atoms with Gasteiger partial charge in [0.05, 0.1) is 0 Å². The SMILES string of the molecule is CCC1(c2cccc(C(N)=O)c2)C2CN(CC3Cc4ccccc4C3)CC21. The Kier molecular flexibility index (Phi) is 3.90. The Balaban J connectivity index is 1.26. The van der Waals surface area contributed by atoms with Crippen LogP contribution < -0.4 is 5.73 Å². The van der Waals surface area contributed by atoms with E-state index in [9.17, 15) is 4.79 Å². The molecule has 2 aliphatic carbocycles. The minimum atomic E-state index is -0.323. The molecule has 5 rings (SSSR count).